The monoisotopic (exact) mass is 418 g/mol. The summed E-state index contributed by atoms with van der Waals surface area (Å²) in [4.78, 5) is 27.9. The molecule has 2 rings (SSSR count). The van der Waals surface area contributed by atoms with Gasteiger partial charge in [-0.25, -0.2) is 0 Å². The van der Waals surface area contributed by atoms with Gasteiger partial charge in [0.05, 0.1) is 24.1 Å². The molecule has 1 aromatic carbocycles. The summed E-state index contributed by atoms with van der Waals surface area (Å²) in [7, 11) is 1.39. The lowest BCUT2D eigenvalue weighted by atomic mass is 10.1. The van der Waals surface area contributed by atoms with E-state index in [-0.39, 0.29) is 11.9 Å². The maximum Gasteiger partial charge on any atom is 0.305 e. The quantitative estimate of drug-likeness (QED) is 0.512. The van der Waals surface area contributed by atoms with Crippen molar-refractivity contribution in [1.29, 1.82) is 0 Å². The normalized spacial score (nSPS) is 10.4. The third-order valence-electron chi connectivity index (χ3n) is 4.02. The summed E-state index contributed by atoms with van der Waals surface area (Å²) in [6.07, 6.45) is 2.88. The predicted molar refractivity (Wildman–Crippen MR) is 105 cm³/mol. The van der Waals surface area contributed by atoms with Crippen LogP contribution in [0.2, 0.25) is 0 Å². The van der Waals surface area contributed by atoms with Crippen LogP contribution in [-0.4, -0.2) is 30.5 Å². The van der Waals surface area contributed by atoms with Crippen LogP contribution in [0.25, 0.3) is 11.3 Å². The molecule has 138 valence electrons. The Morgan fingerprint density at radius 1 is 1.15 bits per heavy atom. The van der Waals surface area contributed by atoms with Crippen LogP contribution in [0.4, 0.5) is 0 Å². The van der Waals surface area contributed by atoms with E-state index < -0.39 is 0 Å². The number of rotatable bonds is 8. The first kappa shape index (κ1) is 20.1. The molecule has 0 unspecified atom stereocenters. The van der Waals surface area contributed by atoms with E-state index in [1.807, 2.05) is 43.3 Å². The van der Waals surface area contributed by atoms with Gasteiger partial charge in [-0.1, -0.05) is 34.5 Å². The molecule has 0 fully saturated rings. The number of nitrogens with zero attached hydrogens (tertiary/aromatic N) is 1. The van der Waals surface area contributed by atoms with Gasteiger partial charge >= 0.3 is 5.97 Å². The second-order valence-corrected chi connectivity index (χ2v) is 6.90. The number of pyridine rings is 1. The number of aromatic nitrogens is 1. The molecule has 0 aliphatic carbocycles. The van der Waals surface area contributed by atoms with Gasteiger partial charge in [0.15, 0.2) is 0 Å². The van der Waals surface area contributed by atoms with Gasteiger partial charge in [-0.3, -0.25) is 14.6 Å². The molecule has 5 nitrogen and oxygen atoms in total. The number of methoxy groups -OCH3 is 1. The van der Waals surface area contributed by atoms with Crippen molar-refractivity contribution in [3.8, 4) is 11.3 Å². The molecule has 0 aliphatic heterocycles. The summed E-state index contributed by atoms with van der Waals surface area (Å²) < 4.78 is 5.59. The summed E-state index contributed by atoms with van der Waals surface area (Å²) in [5.41, 5.74) is 3.12. The van der Waals surface area contributed by atoms with E-state index in [4.69, 9.17) is 0 Å². The first-order valence-electron chi connectivity index (χ1n) is 8.60. The van der Waals surface area contributed by atoms with E-state index in [2.05, 4.69) is 31.0 Å². The van der Waals surface area contributed by atoms with Gasteiger partial charge in [0, 0.05) is 23.0 Å². The molecule has 1 aromatic heterocycles. The number of unbranched alkanes of at least 4 members (excludes halogenated alkanes) is 2. The van der Waals surface area contributed by atoms with E-state index in [0.29, 0.717) is 24.2 Å². The Kier molecular flexibility index (Phi) is 7.78. The number of carbonyl (C=O) groups is 2. The molecule has 0 saturated heterocycles. The molecular weight excluding hydrogens is 396 g/mol. The van der Waals surface area contributed by atoms with Crippen molar-refractivity contribution in [1.82, 2.24) is 10.3 Å². The Bertz CT molecular complexity index is 777. The summed E-state index contributed by atoms with van der Waals surface area (Å²) >= 11 is 3.46. The number of halogens is 1. The van der Waals surface area contributed by atoms with Gasteiger partial charge in [-0.15, -0.1) is 0 Å². The standard InChI is InChI=1S/C20H23BrN2O3/c1-14-17(20(25)22-12-5-3-4-9-19(24)26-2)10-11-18(23-14)15-7-6-8-16(21)13-15/h6-8,10-11,13H,3-5,9,12H2,1-2H3,(H,22,25). The second-order valence-electron chi connectivity index (χ2n) is 5.98. The molecule has 0 bridgehead atoms. The molecule has 0 atom stereocenters. The average Bonchev–Trinajstić information content (AvgIpc) is 2.64. The van der Waals surface area contributed by atoms with E-state index >= 15 is 0 Å². The highest BCUT2D eigenvalue weighted by molar-refractivity contribution is 9.10. The molecule has 0 saturated carbocycles. The van der Waals surface area contributed by atoms with Crippen LogP contribution in [0, 0.1) is 6.92 Å². The van der Waals surface area contributed by atoms with Gasteiger partial charge < -0.3 is 10.1 Å². The van der Waals surface area contributed by atoms with Crippen molar-refractivity contribution >= 4 is 27.8 Å². The first-order chi connectivity index (χ1) is 12.5. The maximum atomic E-state index is 12.3. The van der Waals surface area contributed by atoms with E-state index in [0.717, 1.165) is 35.0 Å². The number of esters is 1. The minimum atomic E-state index is -0.193. The number of ether oxygens (including phenoxy) is 1. The third kappa shape index (κ3) is 5.95. The van der Waals surface area contributed by atoms with Crippen molar-refractivity contribution in [2.75, 3.05) is 13.7 Å². The van der Waals surface area contributed by atoms with Crippen molar-refractivity contribution in [3.05, 3.63) is 52.1 Å². The minimum Gasteiger partial charge on any atom is -0.469 e. The fourth-order valence-electron chi connectivity index (χ4n) is 2.58. The smallest absolute Gasteiger partial charge is 0.305 e. The number of benzene rings is 1. The number of aryl methyl sites for hydroxylation is 1. The van der Waals surface area contributed by atoms with Crippen LogP contribution < -0.4 is 5.32 Å². The zero-order chi connectivity index (χ0) is 18.9. The number of nitrogens with one attached hydrogen (secondary N) is 1. The number of hydrogen-bond acceptors (Lipinski definition) is 4. The van der Waals surface area contributed by atoms with E-state index in [1.165, 1.54) is 7.11 Å². The third-order valence-corrected chi connectivity index (χ3v) is 4.51. The molecule has 0 aliphatic rings. The minimum absolute atomic E-state index is 0.122. The Labute approximate surface area is 162 Å². The lowest BCUT2D eigenvalue weighted by molar-refractivity contribution is -0.140. The second kappa shape index (κ2) is 10.1. The highest BCUT2D eigenvalue weighted by atomic mass is 79.9. The fraction of sp³-hybridized carbons (Fsp3) is 0.350. The Hall–Kier alpha value is -2.21. The molecule has 0 spiro atoms. The molecule has 1 amide bonds. The Balaban J connectivity index is 1.86. The fourth-order valence-corrected chi connectivity index (χ4v) is 2.98. The highest BCUT2D eigenvalue weighted by Crippen LogP contribution is 2.22. The lowest BCUT2D eigenvalue weighted by Crippen LogP contribution is -2.25. The summed E-state index contributed by atoms with van der Waals surface area (Å²) in [6, 6.07) is 11.6. The largest absolute Gasteiger partial charge is 0.469 e. The van der Waals surface area contributed by atoms with Gasteiger partial charge in [0.2, 0.25) is 0 Å². The van der Waals surface area contributed by atoms with Crippen molar-refractivity contribution in [3.63, 3.8) is 0 Å². The van der Waals surface area contributed by atoms with Gasteiger partial charge in [0.25, 0.3) is 5.91 Å². The number of amides is 1. The molecular formula is C20H23BrN2O3. The van der Waals surface area contributed by atoms with Gasteiger partial charge in [0.1, 0.15) is 0 Å². The summed E-state index contributed by atoms with van der Waals surface area (Å²) in [6.45, 7) is 2.42. The zero-order valence-electron chi connectivity index (χ0n) is 15.0. The molecule has 1 heterocycles. The Morgan fingerprint density at radius 2 is 1.96 bits per heavy atom. The SMILES string of the molecule is COC(=O)CCCCCNC(=O)c1ccc(-c2cccc(Br)c2)nc1C. The zero-order valence-corrected chi connectivity index (χ0v) is 16.6. The Morgan fingerprint density at radius 3 is 2.65 bits per heavy atom. The summed E-state index contributed by atoms with van der Waals surface area (Å²) in [5, 5.41) is 2.91. The molecule has 0 radical (unpaired) electrons. The molecule has 26 heavy (non-hydrogen) atoms. The molecule has 1 N–H and O–H groups in total. The predicted octanol–water partition coefficient (Wildman–Crippen LogP) is 4.28. The van der Waals surface area contributed by atoms with Crippen LogP contribution in [0.1, 0.15) is 41.7 Å². The average molecular weight is 419 g/mol. The molecule has 6 heteroatoms. The van der Waals surface area contributed by atoms with Crippen LogP contribution in [0.15, 0.2) is 40.9 Å². The number of carbonyl (C=O) groups excluding carboxylic acids is 2. The topological polar surface area (TPSA) is 68.3 Å². The van der Waals surface area contributed by atoms with E-state index in [9.17, 15) is 9.59 Å². The van der Waals surface area contributed by atoms with Crippen LogP contribution in [0.5, 0.6) is 0 Å². The van der Waals surface area contributed by atoms with Crippen LogP contribution >= 0.6 is 15.9 Å². The maximum absolute atomic E-state index is 12.3. The van der Waals surface area contributed by atoms with Crippen molar-refractivity contribution in [2.24, 2.45) is 0 Å². The molecule has 2 aromatic rings. The van der Waals surface area contributed by atoms with Crippen LogP contribution in [-0.2, 0) is 9.53 Å². The van der Waals surface area contributed by atoms with Crippen molar-refractivity contribution in [2.45, 2.75) is 32.6 Å². The van der Waals surface area contributed by atoms with Gasteiger partial charge in [-0.2, -0.15) is 0 Å². The van der Waals surface area contributed by atoms with Crippen molar-refractivity contribution < 1.29 is 14.3 Å². The summed E-state index contributed by atoms with van der Waals surface area (Å²) in [5.74, 6) is -0.315. The van der Waals surface area contributed by atoms with Crippen LogP contribution in [0.3, 0.4) is 0 Å². The number of hydrogen-bond donors (Lipinski definition) is 1. The van der Waals surface area contributed by atoms with Gasteiger partial charge in [-0.05, 0) is 44.0 Å². The first-order valence-corrected chi connectivity index (χ1v) is 9.39. The lowest BCUT2D eigenvalue weighted by Gasteiger charge is -2.09. The van der Waals surface area contributed by atoms with E-state index in [1.54, 1.807) is 0 Å². The highest BCUT2D eigenvalue weighted by Gasteiger charge is 2.11.